The van der Waals surface area contributed by atoms with Gasteiger partial charge in [0.05, 0.1) is 0 Å². The summed E-state index contributed by atoms with van der Waals surface area (Å²) in [6.45, 7) is -0.667. The zero-order chi connectivity index (χ0) is 8.15. The van der Waals surface area contributed by atoms with E-state index in [4.69, 9.17) is 5.11 Å². The van der Waals surface area contributed by atoms with Gasteiger partial charge < -0.3 is 10.0 Å². The second-order valence-electron chi connectivity index (χ2n) is 1.91. The Morgan fingerprint density at radius 1 is 1.50 bits per heavy atom. The quantitative estimate of drug-likeness (QED) is 0.487. The number of carbonyl (C=O) groups is 2. The van der Waals surface area contributed by atoms with E-state index in [0.717, 1.165) is 0 Å². The lowest BCUT2D eigenvalue weighted by Gasteiger charge is -2.09. The monoisotopic (exact) mass is 146 g/mol. The summed E-state index contributed by atoms with van der Waals surface area (Å²) in [5, 5.41) is 10.1. The predicted molar refractivity (Wildman–Crippen MR) is 34.3 cm³/mol. The molecule has 2 N–H and O–H groups in total. The zero-order valence-corrected chi connectivity index (χ0v) is 5.92. The van der Waals surface area contributed by atoms with Crippen molar-refractivity contribution in [3.8, 4) is 0 Å². The molecule has 0 aromatic carbocycles. The summed E-state index contributed by atoms with van der Waals surface area (Å²) in [5.74, 6) is -0.696. The zero-order valence-electron chi connectivity index (χ0n) is 5.92. The summed E-state index contributed by atoms with van der Waals surface area (Å²) in [6.07, 6.45) is 0. The molecule has 0 aromatic rings. The maximum Gasteiger partial charge on any atom is 0.323 e. The van der Waals surface area contributed by atoms with E-state index >= 15 is 0 Å². The summed E-state index contributed by atoms with van der Waals surface area (Å²) in [4.78, 5) is 22.1. The molecule has 0 fully saturated rings. The largest absolute Gasteiger partial charge is 0.387 e. The standard InChI is InChI=1S/C5H10N2O3/c1-7(2)5(10)6-4(9)3-8/h8H,3H2,1-2H3,(H,6,9,10). The Morgan fingerprint density at radius 3 is 2.30 bits per heavy atom. The van der Waals surface area contributed by atoms with Crippen LogP contribution < -0.4 is 5.32 Å². The fraction of sp³-hybridized carbons (Fsp3) is 0.600. The average Bonchev–Trinajstić information content (AvgIpc) is 1.87. The van der Waals surface area contributed by atoms with Crippen LogP contribution in [0.2, 0.25) is 0 Å². The molecule has 0 aliphatic rings. The number of imide groups is 1. The molecule has 3 amide bonds. The minimum absolute atomic E-state index is 0.529. The number of aliphatic hydroxyl groups is 1. The van der Waals surface area contributed by atoms with Gasteiger partial charge in [-0.3, -0.25) is 10.1 Å². The normalized spacial score (nSPS) is 8.70. The van der Waals surface area contributed by atoms with Crippen LogP contribution in [0.25, 0.3) is 0 Å². The molecule has 5 heteroatoms. The van der Waals surface area contributed by atoms with Crippen molar-refractivity contribution in [2.24, 2.45) is 0 Å². The van der Waals surface area contributed by atoms with Gasteiger partial charge in [-0.15, -0.1) is 0 Å². The van der Waals surface area contributed by atoms with E-state index in [1.165, 1.54) is 19.0 Å². The molecule has 0 aromatic heterocycles. The number of nitrogens with one attached hydrogen (secondary N) is 1. The van der Waals surface area contributed by atoms with Gasteiger partial charge in [0.2, 0.25) is 0 Å². The third kappa shape index (κ3) is 3.03. The maximum atomic E-state index is 10.6. The lowest BCUT2D eigenvalue weighted by atomic mass is 10.6. The van der Waals surface area contributed by atoms with E-state index in [1.807, 2.05) is 5.32 Å². The molecule has 0 unspecified atom stereocenters. The molecular formula is C5H10N2O3. The van der Waals surface area contributed by atoms with Gasteiger partial charge in [0.15, 0.2) is 0 Å². The van der Waals surface area contributed by atoms with Crippen molar-refractivity contribution in [2.75, 3.05) is 20.7 Å². The van der Waals surface area contributed by atoms with Gasteiger partial charge in [-0.25, -0.2) is 4.79 Å². The highest BCUT2D eigenvalue weighted by molar-refractivity contribution is 5.94. The Kier molecular flexibility index (Phi) is 3.42. The van der Waals surface area contributed by atoms with Crippen molar-refractivity contribution >= 4 is 11.9 Å². The SMILES string of the molecule is CN(C)C(=O)NC(=O)CO. The summed E-state index contributed by atoms with van der Waals surface area (Å²) in [7, 11) is 3.00. The van der Waals surface area contributed by atoms with E-state index in [0.29, 0.717) is 0 Å². The molecule has 0 heterocycles. The van der Waals surface area contributed by atoms with Crippen molar-refractivity contribution < 1.29 is 14.7 Å². The Bertz CT molecular complexity index is 144. The van der Waals surface area contributed by atoms with Gasteiger partial charge >= 0.3 is 6.03 Å². The average molecular weight is 146 g/mol. The van der Waals surface area contributed by atoms with E-state index in [2.05, 4.69) is 0 Å². The van der Waals surface area contributed by atoms with Crippen molar-refractivity contribution in [1.29, 1.82) is 0 Å². The summed E-state index contributed by atoms with van der Waals surface area (Å²) < 4.78 is 0. The van der Waals surface area contributed by atoms with Gasteiger partial charge in [-0.2, -0.15) is 0 Å². The fourth-order valence-electron chi connectivity index (χ4n) is 0.271. The Labute approximate surface area is 58.6 Å². The molecule has 0 saturated heterocycles. The number of carbonyl (C=O) groups excluding carboxylic acids is 2. The number of hydrogen-bond donors (Lipinski definition) is 2. The van der Waals surface area contributed by atoms with E-state index in [-0.39, 0.29) is 0 Å². The molecule has 0 rings (SSSR count). The van der Waals surface area contributed by atoms with Crippen LogP contribution in [0.5, 0.6) is 0 Å². The highest BCUT2D eigenvalue weighted by Gasteiger charge is 2.06. The second kappa shape index (κ2) is 3.84. The van der Waals surface area contributed by atoms with Crippen LogP contribution in [-0.2, 0) is 4.79 Å². The molecule has 0 atom stereocenters. The van der Waals surface area contributed by atoms with Gasteiger partial charge in [0.1, 0.15) is 6.61 Å². The summed E-state index contributed by atoms with van der Waals surface area (Å²) in [6, 6.07) is -0.529. The molecule has 0 saturated carbocycles. The topological polar surface area (TPSA) is 69.6 Å². The van der Waals surface area contributed by atoms with Crippen LogP contribution in [0, 0.1) is 0 Å². The Hall–Kier alpha value is -1.10. The maximum absolute atomic E-state index is 10.6. The van der Waals surface area contributed by atoms with Crippen LogP contribution in [-0.4, -0.2) is 42.6 Å². The highest BCUT2D eigenvalue weighted by Crippen LogP contribution is 1.75. The summed E-state index contributed by atoms with van der Waals surface area (Å²) in [5.41, 5.74) is 0. The van der Waals surface area contributed by atoms with Crippen LogP contribution in [0.1, 0.15) is 0 Å². The first-order valence-corrected chi connectivity index (χ1v) is 2.70. The molecule has 0 radical (unpaired) electrons. The lowest BCUT2D eigenvalue weighted by Crippen LogP contribution is -2.39. The first kappa shape index (κ1) is 8.90. The minimum Gasteiger partial charge on any atom is -0.387 e. The smallest absolute Gasteiger partial charge is 0.323 e. The van der Waals surface area contributed by atoms with E-state index in [9.17, 15) is 9.59 Å². The number of hydrogen-bond acceptors (Lipinski definition) is 3. The molecule has 10 heavy (non-hydrogen) atoms. The molecule has 0 aliphatic carbocycles. The molecule has 5 nitrogen and oxygen atoms in total. The van der Waals surface area contributed by atoms with Gasteiger partial charge in [0, 0.05) is 14.1 Å². The van der Waals surface area contributed by atoms with E-state index < -0.39 is 18.5 Å². The fourth-order valence-corrected chi connectivity index (χ4v) is 0.271. The van der Waals surface area contributed by atoms with Crippen LogP contribution in [0.15, 0.2) is 0 Å². The number of aliphatic hydroxyl groups excluding tert-OH is 1. The second-order valence-corrected chi connectivity index (χ2v) is 1.91. The molecular weight excluding hydrogens is 136 g/mol. The van der Waals surface area contributed by atoms with Gasteiger partial charge in [-0.05, 0) is 0 Å². The van der Waals surface area contributed by atoms with Crippen LogP contribution >= 0.6 is 0 Å². The van der Waals surface area contributed by atoms with Crippen LogP contribution in [0.4, 0.5) is 4.79 Å². The molecule has 0 spiro atoms. The van der Waals surface area contributed by atoms with Crippen molar-refractivity contribution in [1.82, 2.24) is 10.2 Å². The highest BCUT2D eigenvalue weighted by atomic mass is 16.3. The van der Waals surface area contributed by atoms with Crippen molar-refractivity contribution in [3.63, 3.8) is 0 Å². The Morgan fingerprint density at radius 2 is 2.00 bits per heavy atom. The van der Waals surface area contributed by atoms with Gasteiger partial charge in [0.25, 0.3) is 5.91 Å². The number of amides is 3. The lowest BCUT2D eigenvalue weighted by molar-refractivity contribution is -0.122. The first-order valence-electron chi connectivity index (χ1n) is 2.70. The number of rotatable bonds is 1. The molecule has 58 valence electrons. The minimum atomic E-state index is -0.696. The first-order chi connectivity index (χ1) is 4.57. The predicted octanol–water partition coefficient (Wildman–Crippen LogP) is -1.22. The molecule has 0 bridgehead atoms. The third-order valence-electron chi connectivity index (χ3n) is 0.796. The van der Waals surface area contributed by atoms with Crippen molar-refractivity contribution in [3.05, 3.63) is 0 Å². The third-order valence-corrected chi connectivity index (χ3v) is 0.796. The van der Waals surface area contributed by atoms with E-state index in [1.54, 1.807) is 0 Å². The Balaban J connectivity index is 3.69. The molecule has 0 aliphatic heterocycles. The summed E-state index contributed by atoms with van der Waals surface area (Å²) >= 11 is 0. The van der Waals surface area contributed by atoms with Gasteiger partial charge in [-0.1, -0.05) is 0 Å². The number of nitrogens with zero attached hydrogens (tertiary/aromatic N) is 1. The van der Waals surface area contributed by atoms with Crippen molar-refractivity contribution in [2.45, 2.75) is 0 Å². The van der Waals surface area contributed by atoms with Crippen LogP contribution in [0.3, 0.4) is 0 Å². The number of urea groups is 1.